The van der Waals surface area contributed by atoms with Gasteiger partial charge in [0.15, 0.2) is 0 Å². The van der Waals surface area contributed by atoms with Crippen LogP contribution in [0.5, 0.6) is 0 Å². The topological polar surface area (TPSA) is 88.7 Å². The van der Waals surface area contributed by atoms with Crippen molar-refractivity contribution >= 4 is 17.9 Å². The molecule has 0 bridgehead atoms. The van der Waals surface area contributed by atoms with Crippen LogP contribution in [0.25, 0.3) is 11.1 Å². The van der Waals surface area contributed by atoms with E-state index in [1.54, 1.807) is 0 Å². The molecule has 7 heteroatoms. The van der Waals surface area contributed by atoms with Crippen LogP contribution >= 0.6 is 0 Å². The summed E-state index contributed by atoms with van der Waals surface area (Å²) in [6, 6.07) is 24.8. The second kappa shape index (κ2) is 14.0. The zero-order valence-electron chi connectivity index (χ0n) is 26.4. The van der Waals surface area contributed by atoms with Crippen LogP contribution < -0.4 is 16.0 Å². The summed E-state index contributed by atoms with van der Waals surface area (Å²) < 4.78 is 11.3. The fourth-order valence-electron chi connectivity index (χ4n) is 5.89. The van der Waals surface area contributed by atoms with Crippen molar-refractivity contribution in [2.45, 2.75) is 83.8 Å². The fourth-order valence-corrected chi connectivity index (χ4v) is 5.89. The van der Waals surface area contributed by atoms with Crippen LogP contribution in [0.15, 0.2) is 84.1 Å². The molecular weight excluding hydrogens is 550 g/mol. The van der Waals surface area contributed by atoms with Crippen molar-refractivity contribution in [2.75, 3.05) is 18.5 Å². The van der Waals surface area contributed by atoms with Gasteiger partial charge < -0.3 is 25.4 Å². The molecule has 0 saturated heterocycles. The molecule has 1 fully saturated rings. The Morgan fingerprint density at radius 3 is 2.09 bits per heavy atom. The summed E-state index contributed by atoms with van der Waals surface area (Å²) >= 11 is 0. The van der Waals surface area contributed by atoms with Crippen LogP contribution in [0, 0.1) is 6.92 Å². The quantitative estimate of drug-likeness (QED) is 0.194. The third-order valence-corrected chi connectivity index (χ3v) is 8.24. The Labute approximate surface area is 261 Å². The van der Waals surface area contributed by atoms with E-state index < -0.39 is 17.8 Å². The normalized spacial score (nSPS) is 14.5. The number of benzene rings is 3. The van der Waals surface area contributed by atoms with Crippen LogP contribution in [0.2, 0.25) is 0 Å². The van der Waals surface area contributed by atoms with E-state index >= 15 is 0 Å². The first-order valence-electron chi connectivity index (χ1n) is 15.8. The molecule has 2 amide bonds. The average molecular weight is 596 g/mol. The van der Waals surface area contributed by atoms with E-state index in [0.717, 1.165) is 43.5 Å². The molecule has 5 rings (SSSR count). The lowest BCUT2D eigenvalue weighted by molar-refractivity contribution is 0.0527. The highest BCUT2D eigenvalue weighted by Crippen LogP contribution is 2.44. The van der Waals surface area contributed by atoms with Gasteiger partial charge in [0.2, 0.25) is 0 Å². The van der Waals surface area contributed by atoms with Crippen LogP contribution in [0.4, 0.5) is 15.3 Å². The summed E-state index contributed by atoms with van der Waals surface area (Å²) in [4.78, 5) is 25.5. The van der Waals surface area contributed by atoms with Gasteiger partial charge in [-0.3, -0.25) is 0 Å². The number of unbranched alkanes of at least 4 members (excludes halogenated alkanes) is 1. The van der Waals surface area contributed by atoms with E-state index in [1.165, 1.54) is 33.4 Å². The first kappa shape index (κ1) is 31.2. The van der Waals surface area contributed by atoms with Gasteiger partial charge in [-0.1, -0.05) is 66.2 Å². The number of allylic oxidation sites excluding steroid dienone is 1. The van der Waals surface area contributed by atoms with E-state index in [2.05, 4.69) is 83.5 Å². The van der Waals surface area contributed by atoms with Gasteiger partial charge in [-0.25, -0.2) is 9.59 Å². The highest BCUT2D eigenvalue weighted by molar-refractivity contribution is 5.79. The van der Waals surface area contributed by atoms with E-state index in [1.807, 2.05) is 32.9 Å². The van der Waals surface area contributed by atoms with Crippen LogP contribution in [-0.4, -0.2) is 37.0 Å². The Morgan fingerprint density at radius 1 is 0.864 bits per heavy atom. The smallest absolute Gasteiger partial charge is 0.407 e. The molecule has 0 heterocycles. The molecule has 0 unspecified atom stereocenters. The van der Waals surface area contributed by atoms with E-state index in [9.17, 15) is 9.59 Å². The van der Waals surface area contributed by atoms with Gasteiger partial charge in [-0.2, -0.15) is 0 Å². The number of carbonyl (C=O) groups is 2. The number of fused-ring (bicyclic) bond motifs is 3. The molecule has 0 spiro atoms. The van der Waals surface area contributed by atoms with Gasteiger partial charge in [0.25, 0.3) is 0 Å². The highest BCUT2D eigenvalue weighted by atomic mass is 16.6. The number of hydrogen-bond donors (Lipinski definition) is 3. The zero-order chi connectivity index (χ0) is 31.1. The molecule has 3 N–H and O–H groups in total. The van der Waals surface area contributed by atoms with Gasteiger partial charge in [-0.15, -0.1) is 0 Å². The van der Waals surface area contributed by atoms with Crippen LogP contribution in [-0.2, 0) is 9.47 Å². The van der Waals surface area contributed by atoms with E-state index in [4.69, 9.17) is 9.47 Å². The molecule has 44 heavy (non-hydrogen) atoms. The van der Waals surface area contributed by atoms with Crippen LogP contribution in [0.1, 0.15) is 81.9 Å². The van der Waals surface area contributed by atoms with Gasteiger partial charge in [0.05, 0.1) is 6.04 Å². The van der Waals surface area contributed by atoms with Gasteiger partial charge in [0, 0.05) is 23.8 Å². The maximum absolute atomic E-state index is 13.4. The number of alkyl carbamates (subject to hydrolysis) is 2. The molecule has 0 aliphatic heterocycles. The Balaban J connectivity index is 1.26. The lowest BCUT2D eigenvalue weighted by atomic mass is 9.87. The highest BCUT2D eigenvalue weighted by Gasteiger charge is 2.30. The number of aryl methyl sites for hydroxylation is 1. The minimum atomic E-state index is -0.534. The fraction of sp³-hybridized carbons (Fsp3) is 0.405. The number of nitrogens with one attached hydrogen (secondary N) is 3. The summed E-state index contributed by atoms with van der Waals surface area (Å²) in [5.74, 6) is 0.000620. The maximum Gasteiger partial charge on any atom is 0.407 e. The lowest BCUT2D eigenvalue weighted by Gasteiger charge is -2.30. The standard InChI is InChI=1S/C37H45N3O4/c1-25-19-21-27(22-20-25)39-34(26-12-11-13-26)33(18-9-10-23-38-35(41)44-37(2,3)4)40-36(42)43-24-32-30-16-7-5-14-28(30)29-15-6-8-17-31(29)32/h5-8,14-17,19-22,32-33,39H,9-13,18,23-24H2,1-4H3,(H,38,41)(H,40,42)/t33-/m0/s1. The number of hydrogen-bond acceptors (Lipinski definition) is 5. The molecular formula is C37H45N3O4. The molecule has 0 radical (unpaired) electrons. The summed E-state index contributed by atoms with van der Waals surface area (Å²) in [5, 5.41) is 9.69. The summed E-state index contributed by atoms with van der Waals surface area (Å²) in [6.07, 6.45) is 4.60. The molecule has 7 nitrogen and oxygen atoms in total. The lowest BCUT2D eigenvalue weighted by Crippen LogP contribution is -2.40. The molecule has 1 atom stereocenters. The minimum absolute atomic E-state index is 0.000620. The van der Waals surface area contributed by atoms with Crippen molar-refractivity contribution in [3.05, 3.63) is 101 Å². The average Bonchev–Trinajstić information content (AvgIpc) is 3.28. The second-order valence-corrected chi connectivity index (χ2v) is 12.8. The first-order valence-corrected chi connectivity index (χ1v) is 15.8. The van der Waals surface area contributed by atoms with Gasteiger partial charge in [-0.05, 0) is 106 Å². The Hall–Kier alpha value is -4.26. The molecule has 2 aliphatic rings. The van der Waals surface area contributed by atoms with Gasteiger partial charge in [0.1, 0.15) is 12.2 Å². The molecule has 3 aromatic carbocycles. The number of carbonyl (C=O) groups excluding carboxylic acids is 2. The van der Waals surface area contributed by atoms with Crippen molar-refractivity contribution in [3.8, 4) is 11.1 Å². The third kappa shape index (κ3) is 8.01. The number of amides is 2. The summed E-state index contributed by atoms with van der Waals surface area (Å²) in [5.41, 5.74) is 8.82. The SMILES string of the molecule is Cc1ccc(NC(=C2CCC2)[C@H](CCCCNC(=O)OC(C)(C)C)NC(=O)OCC2c3ccccc3-c3ccccc32)cc1. The predicted molar refractivity (Wildman–Crippen MR) is 176 cm³/mol. The predicted octanol–water partition coefficient (Wildman–Crippen LogP) is 8.45. The molecule has 0 aromatic heterocycles. The zero-order valence-corrected chi connectivity index (χ0v) is 26.4. The minimum Gasteiger partial charge on any atom is -0.449 e. The van der Waals surface area contributed by atoms with Crippen molar-refractivity contribution in [3.63, 3.8) is 0 Å². The van der Waals surface area contributed by atoms with Crippen molar-refractivity contribution in [1.29, 1.82) is 0 Å². The molecule has 232 valence electrons. The number of ether oxygens (including phenoxy) is 2. The molecule has 2 aliphatic carbocycles. The van der Waals surface area contributed by atoms with Crippen molar-refractivity contribution < 1.29 is 19.1 Å². The number of anilines is 1. The monoisotopic (exact) mass is 595 g/mol. The first-order chi connectivity index (χ1) is 21.2. The van der Waals surface area contributed by atoms with Crippen LogP contribution in [0.3, 0.4) is 0 Å². The second-order valence-electron chi connectivity index (χ2n) is 12.8. The van der Waals surface area contributed by atoms with E-state index in [-0.39, 0.29) is 18.6 Å². The largest absolute Gasteiger partial charge is 0.449 e. The Bertz CT molecular complexity index is 1440. The molecule has 3 aromatic rings. The molecule has 1 saturated carbocycles. The summed E-state index contributed by atoms with van der Waals surface area (Å²) in [6.45, 7) is 8.39. The van der Waals surface area contributed by atoms with Gasteiger partial charge >= 0.3 is 12.2 Å². The Kier molecular flexibility index (Phi) is 9.93. The van der Waals surface area contributed by atoms with Crippen molar-refractivity contribution in [1.82, 2.24) is 10.6 Å². The summed E-state index contributed by atoms with van der Waals surface area (Å²) in [7, 11) is 0. The maximum atomic E-state index is 13.4. The number of rotatable bonds is 11. The van der Waals surface area contributed by atoms with E-state index in [0.29, 0.717) is 13.0 Å². The third-order valence-electron chi connectivity index (χ3n) is 8.24. The van der Waals surface area contributed by atoms with Crippen molar-refractivity contribution in [2.24, 2.45) is 0 Å². The Morgan fingerprint density at radius 2 is 1.50 bits per heavy atom.